The highest BCUT2D eigenvalue weighted by Gasteiger charge is 2.21. The monoisotopic (exact) mass is 366 g/mol. The van der Waals surface area contributed by atoms with Crippen molar-refractivity contribution in [3.8, 4) is 0 Å². The average molecular weight is 367 g/mol. The molecule has 1 N–H and O–H groups in total. The van der Waals surface area contributed by atoms with Gasteiger partial charge in [0.1, 0.15) is 5.82 Å². The standard InChI is InChI=1S/C22H30N4O/c1-5-25-11-13-26(14-12-25)22(27)18-9-10-20(23-15-18)24-21-17(4)7-6-8-19(21)16(2)3/h6-10,15-16H,5,11-14H2,1-4H3,(H,23,24). The first kappa shape index (κ1) is 19.4. The quantitative estimate of drug-likeness (QED) is 0.868. The number of likely N-dealkylation sites (N-methyl/N-ethyl adjacent to an activating group) is 1. The number of hydrogen-bond donors (Lipinski definition) is 1. The second-order valence-electron chi connectivity index (χ2n) is 7.48. The molecule has 0 bridgehead atoms. The number of rotatable bonds is 5. The van der Waals surface area contributed by atoms with E-state index in [0.717, 1.165) is 44.2 Å². The van der Waals surface area contributed by atoms with Crippen LogP contribution in [0, 0.1) is 6.92 Å². The van der Waals surface area contributed by atoms with E-state index < -0.39 is 0 Å². The van der Waals surface area contributed by atoms with Crippen molar-refractivity contribution in [2.75, 3.05) is 38.0 Å². The molecule has 1 aliphatic rings. The van der Waals surface area contributed by atoms with E-state index >= 15 is 0 Å². The predicted octanol–water partition coefficient (Wildman–Crippen LogP) is 4.03. The lowest BCUT2D eigenvalue weighted by Gasteiger charge is -2.34. The van der Waals surface area contributed by atoms with Gasteiger partial charge in [-0.15, -0.1) is 0 Å². The third kappa shape index (κ3) is 4.48. The van der Waals surface area contributed by atoms with Gasteiger partial charge in [-0.3, -0.25) is 4.79 Å². The van der Waals surface area contributed by atoms with E-state index in [9.17, 15) is 4.79 Å². The highest BCUT2D eigenvalue weighted by Crippen LogP contribution is 2.29. The second-order valence-corrected chi connectivity index (χ2v) is 7.48. The van der Waals surface area contributed by atoms with Gasteiger partial charge in [-0.05, 0) is 42.6 Å². The van der Waals surface area contributed by atoms with Crippen LogP contribution in [0.4, 0.5) is 11.5 Å². The Labute approximate surface area is 162 Å². The highest BCUT2D eigenvalue weighted by molar-refractivity contribution is 5.94. The number of carbonyl (C=O) groups is 1. The fraction of sp³-hybridized carbons (Fsp3) is 0.455. The maximum absolute atomic E-state index is 12.7. The Kier molecular flexibility index (Phi) is 6.11. The molecule has 0 atom stereocenters. The summed E-state index contributed by atoms with van der Waals surface area (Å²) in [6.45, 7) is 13.1. The Morgan fingerprint density at radius 1 is 1.15 bits per heavy atom. The van der Waals surface area contributed by atoms with Crippen molar-refractivity contribution >= 4 is 17.4 Å². The van der Waals surface area contributed by atoms with Crippen LogP contribution in [0.2, 0.25) is 0 Å². The second kappa shape index (κ2) is 8.53. The number of nitrogens with one attached hydrogen (secondary N) is 1. The first-order valence-corrected chi connectivity index (χ1v) is 9.83. The molecule has 5 heteroatoms. The van der Waals surface area contributed by atoms with Crippen molar-refractivity contribution in [1.29, 1.82) is 0 Å². The zero-order valence-electron chi connectivity index (χ0n) is 16.8. The summed E-state index contributed by atoms with van der Waals surface area (Å²) in [5, 5.41) is 3.44. The van der Waals surface area contributed by atoms with Gasteiger partial charge in [-0.1, -0.05) is 39.0 Å². The fourth-order valence-corrected chi connectivity index (χ4v) is 3.51. The number of anilines is 2. The minimum atomic E-state index is 0.0727. The Morgan fingerprint density at radius 3 is 2.48 bits per heavy atom. The molecule has 5 nitrogen and oxygen atoms in total. The summed E-state index contributed by atoms with van der Waals surface area (Å²) >= 11 is 0. The molecule has 2 heterocycles. The number of aryl methyl sites for hydroxylation is 1. The number of amides is 1. The summed E-state index contributed by atoms with van der Waals surface area (Å²) in [5.41, 5.74) is 4.22. The summed E-state index contributed by atoms with van der Waals surface area (Å²) in [5.74, 6) is 1.26. The van der Waals surface area contributed by atoms with Crippen LogP contribution in [-0.4, -0.2) is 53.4 Å². The van der Waals surface area contributed by atoms with E-state index in [4.69, 9.17) is 0 Å². The van der Waals surface area contributed by atoms with Crippen molar-refractivity contribution < 1.29 is 4.79 Å². The molecule has 27 heavy (non-hydrogen) atoms. The third-order valence-corrected chi connectivity index (χ3v) is 5.30. The number of hydrogen-bond acceptors (Lipinski definition) is 4. The third-order valence-electron chi connectivity index (χ3n) is 5.30. The lowest BCUT2D eigenvalue weighted by atomic mass is 9.98. The Bertz CT molecular complexity index is 777. The topological polar surface area (TPSA) is 48.5 Å². The minimum Gasteiger partial charge on any atom is -0.340 e. The number of para-hydroxylation sites is 1. The van der Waals surface area contributed by atoms with E-state index in [1.54, 1.807) is 6.20 Å². The summed E-state index contributed by atoms with van der Waals surface area (Å²) in [4.78, 5) is 21.5. The van der Waals surface area contributed by atoms with Gasteiger partial charge in [0.05, 0.1) is 5.56 Å². The molecule has 1 aliphatic heterocycles. The van der Waals surface area contributed by atoms with Gasteiger partial charge in [0, 0.05) is 38.1 Å². The smallest absolute Gasteiger partial charge is 0.255 e. The molecule has 1 aromatic heterocycles. The number of aromatic nitrogens is 1. The van der Waals surface area contributed by atoms with Gasteiger partial charge >= 0.3 is 0 Å². The van der Waals surface area contributed by atoms with Crippen LogP contribution in [-0.2, 0) is 0 Å². The molecule has 1 fully saturated rings. The Hall–Kier alpha value is -2.40. The molecular formula is C22H30N4O. The van der Waals surface area contributed by atoms with Crippen molar-refractivity contribution in [3.63, 3.8) is 0 Å². The summed E-state index contributed by atoms with van der Waals surface area (Å²) < 4.78 is 0. The van der Waals surface area contributed by atoms with Crippen LogP contribution in [0.5, 0.6) is 0 Å². The van der Waals surface area contributed by atoms with Gasteiger partial charge in [0.15, 0.2) is 0 Å². The van der Waals surface area contributed by atoms with E-state index in [2.05, 4.69) is 61.1 Å². The van der Waals surface area contributed by atoms with E-state index in [1.165, 1.54) is 11.1 Å². The fourth-order valence-electron chi connectivity index (χ4n) is 3.51. The molecule has 0 saturated carbocycles. The summed E-state index contributed by atoms with van der Waals surface area (Å²) in [6, 6.07) is 10.1. The Morgan fingerprint density at radius 2 is 1.89 bits per heavy atom. The van der Waals surface area contributed by atoms with Gasteiger partial charge in [0.2, 0.25) is 0 Å². The molecule has 1 aromatic carbocycles. The first-order valence-electron chi connectivity index (χ1n) is 9.83. The first-order chi connectivity index (χ1) is 13.0. The maximum atomic E-state index is 12.7. The molecule has 2 aromatic rings. The van der Waals surface area contributed by atoms with Gasteiger partial charge in [-0.2, -0.15) is 0 Å². The lowest BCUT2D eigenvalue weighted by Crippen LogP contribution is -2.48. The molecule has 1 saturated heterocycles. The number of carbonyl (C=O) groups excluding carboxylic acids is 1. The van der Waals surface area contributed by atoms with Crippen LogP contribution < -0.4 is 5.32 Å². The Balaban J connectivity index is 1.70. The van der Waals surface area contributed by atoms with Gasteiger partial charge in [-0.25, -0.2) is 4.98 Å². The molecule has 144 valence electrons. The van der Waals surface area contributed by atoms with E-state index in [0.29, 0.717) is 11.5 Å². The highest BCUT2D eigenvalue weighted by atomic mass is 16.2. The molecule has 1 amide bonds. The number of benzene rings is 1. The molecule has 0 radical (unpaired) electrons. The van der Waals surface area contributed by atoms with Crippen LogP contribution in [0.25, 0.3) is 0 Å². The molecule has 0 spiro atoms. The van der Waals surface area contributed by atoms with E-state index in [-0.39, 0.29) is 5.91 Å². The van der Waals surface area contributed by atoms with Crippen molar-refractivity contribution in [1.82, 2.24) is 14.8 Å². The number of piperazine rings is 1. The van der Waals surface area contributed by atoms with Crippen LogP contribution in [0.15, 0.2) is 36.5 Å². The van der Waals surface area contributed by atoms with Crippen molar-refractivity contribution in [2.24, 2.45) is 0 Å². The summed E-state index contributed by atoms with van der Waals surface area (Å²) in [6.07, 6.45) is 1.68. The van der Waals surface area contributed by atoms with Crippen LogP contribution in [0.3, 0.4) is 0 Å². The van der Waals surface area contributed by atoms with Crippen LogP contribution in [0.1, 0.15) is 48.2 Å². The lowest BCUT2D eigenvalue weighted by molar-refractivity contribution is 0.0643. The van der Waals surface area contributed by atoms with Gasteiger partial charge < -0.3 is 15.1 Å². The van der Waals surface area contributed by atoms with E-state index in [1.807, 2.05) is 17.0 Å². The molecular weight excluding hydrogens is 336 g/mol. The average Bonchev–Trinajstić information content (AvgIpc) is 2.69. The normalized spacial score (nSPS) is 15.2. The number of nitrogens with zero attached hydrogens (tertiary/aromatic N) is 3. The maximum Gasteiger partial charge on any atom is 0.255 e. The zero-order valence-corrected chi connectivity index (χ0v) is 16.8. The van der Waals surface area contributed by atoms with Gasteiger partial charge in [0.25, 0.3) is 5.91 Å². The number of pyridine rings is 1. The minimum absolute atomic E-state index is 0.0727. The summed E-state index contributed by atoms with van der Waals surface area (Å²) in [7, 11) is 0. The van der Waals surface area contributed by atoms with Crippen LogP contribution >= 0.6 is 0 Å². The predicted molar refractivity (Wildman–Crippen MR) is 111 cm³/mol. The SMILES string of the molecule is CCN1CCN(C(=O)c2ccc(Nc3c(C)cccc3C(C)C)nc2)CC1. The van der Waals surface area contributed by atoms with Crippen molar-refractivity contribution in [2.45, 2.75) is 33.6 Å². The molecule has 0 aliphatic carbocycles. The zero-order chi connectivity index (χ0) is 19.4. The largest absolute Gasteiger partial charge is 0.340 e. The molecule has 0 unspecified atom stereocenters. The molecule has 3 rings (SSSR count). The van der Waals surface area contributed by atoms with Crippen molar-refractivity contribution in [3.05, 3.63) is 53.2 Å².